The average molecular weight is 539 g/mol. The van der Waals surface area contributed by atoms with Gasteiger partial charge in [-0.2, -0.15) is 0 Å². The molecule has 9 nitrogen and oxygen atoms in total. The molecule has 0 saturated carbocycles. The summed E-state index contributed by atoms with van der Waals surface area (Å²) in [6, 6.07) is 0. The lowest BCUT2D eigenvalue weighted by Gasteiger charge is -2.52. The molecule has 2 fully saturated rings. The highest BCUT2D eigenvalue weighted by molar-refractivity contribution is 6.14. The molecule has 2 saturated heterocycles. The van der Waals surface area contributed by atoms with E-state index in [1.165, 1.54) is 0 Å². The van der Waals surface area contributed by atoms with Crippen molar-refractivity contribution < 1.29 is 43.3 Å². The van der Waals surface area contributed by atoms with Crippen LogP contribution in [0.3, 0.4) is 0 Å². The highest BCUT2D eigenvalue weighted by Gasteiger charge is 2.75. The van der Waals surface area contributed by atoms with E-state index < -0.39 is 53.5 Å². The fourth-order valence-corrected chi connectivity index (χ4v) is 7.22. The van der Waals surface area contributed by atoms with Crippen molar-refractivity contribution in [2.24, 2.45) is 23.2 Å². The van der Waals surface area contributed by atoms with Crippen LogP contribution in [-0.4, -0.2) is 46.7 Å². The molecular formula is C30H34O9. The van der Waals surface area contributed by atoms with Gasteiger partial charge in [0.1, 0.15) is 11.5 Å². The first-order chi connectivity index (χ1) is 18.7. The predicted molar refractivity (Wildman–Crippen MR) is 137 cm³/mol. The van der Waals surface area contributed by atoms with Crippen molar-refractivity contribution in [3.05, 3.63) is 47.1 Å². The molecule has 39 heavy (non-hydrogen) atoms. The van der Waals surface area contributed by atoms with Crippen LogP contribution in [0.15, 0.2) is 47.1 Å². The Balaban J connectivity index is 1.64. The molecule has 0 aromatic rings. The van der Waals surface area contributed by atoms with E-state index in [1.54, 1.807) is 0 Å². The Hall–Kier alpha value is -3.33. The summed E-state index contributed by atoms with van der Waals surface area (Å²) in [5, 5.41) is 9.88. The first-order valence-corrected chi connectivity index (χ1v) is 13.8. The second kappa shape index (κ2) is 10.3. The Bertz CT molecular complexity index is 1240. The number of rotatable bonds is 11. The number of carbonyl (C=O) groups is 5. The second-order valence-corrected chi connectivity index (χ2v) is 11.1. The zero-order chi connectivity index (χ0) is 27.9. The fourth-order valence-electron chi connectivity index (χ4n) is 7.22. The van der Waals surface area contributed by atoms with Crippen LogP contribution < -0.4 is 0 Å². The Morgan fingerprint density at radius 1 is 1.08 bits per heavy atom. The summed E-state index contributed by atoms with van der Waals surface area (Å²) in [5.74, 6) is -7.05. The van der Waals surface area contributed by atoms with Crippen LogP contribution in [0.4, 0.5) is 0 Å². The number of esters is 3. The minimum Gasteiger partial charge on any atom is -0.481 e. The van der Waals surface area contributed by atoms with Gasteiger partial charge in [-0.1, -0.05) is 36.8 Å². The third-order valence-corrected chi connectivity index (χ3v) is 8.86. The number of aliphatic carboxylic acids is 1. The molecule has 0 amide bonds. The third-order valence-electron chi connectivity index (χ3n) is 8.86. The highest BCUT2D eigenvalue weighted by atomic mass is 16.7. The summed E-state index contributed by atoms with van der Waals surface area (Å²) in [5.41, 5.74) is -1.26. The molecule has 9 heteroatoms. The van der Waals surface area contributed by atoms with Gasteiger partial charge in [-0.25, -0.2) is 9.59 Å². The molecule has 6 atom stereocenters. The van der Waals surface area contributed by atoms with Gasteiger partial charge in [0, 0.05) is 18.4 Å². The van der Waals surface area contributed by atoms with Crippen molar-refractivity contribution in [1.82, 2.24) is 0 Å². The average Bonchev–Trinajstić information content (AvgIpc) is 3.23. The van der Waals surface area contributed by atoms with Crippen LogP contribution in [0, 0.1) is 23.2 Å². The first-order valence-electron chi connectivity index (χ1n) is 13.8. The summed E-state index contributed by atoms with van der Waals surface area (Å²) in [6.45, 7) is 3.84. The zero-order valence-corrected chi connectivity index (χ0v) is 22.3. The van der Waals surface area contributed by atoms with Gasteiger partial charge in [0.15, 0.2) is 5.78 Å². The summed E-state index contributed by atoms with van der Waals surface area (Å²) in [6.07, 6.45) is 12.4. The molecule has 3 unspecified atom stereocenters. The topological polar surface area (TPSA) is 133 Å². The number of hydrogen-bond acceptors (Lipinski definition) is 8. The lowest BCUT2D eigenvalue weighted by atomic mass is 9.59. The second-order valence-electron chi connectivity index (χ2n) is 11.1. The molecule has 0 aromatic carbocycles. The standard InChI is InChI=1S/C30H34O9/c1-3-5-7-8-10-11-17-13-22-29(16-23(32)33)15-19-24(27(35)37-26(19)34)25-18(17)14-21(20(31)12-9-6-4-2)38-30(22,25)39-28(29)36/h3-6,13,17-18,21,25H,7-12,14-16H2,1-2H3,(H,32,33)/b5-3+,6-4+/t17-,18?,21+,25?,29-,30?/m0/s1. The lowest BCUT2D eigenvalue weighted by Crippen LogP contribution is -2.59. The number of Topliss-reactive ketones (excluding diaryl/α,β-unsaturated/α-hetero) is 1. The van der Waals surface area contributed by atoms with E-state index in [1.807, 2.05) is 38.2 Å². The van der Waals surface area contributed by atoms with E-state index in [-0.39, 0.29) is 41.6 Å². The fraction of sp³-hybridized carbons (Fsp3) is 0.567. The minimum atomic E-state index is -1.82. The number of cyclic esters (lactones) is 2. The zero-order valence-electron chi connectivity index (χ0n) is 22.3. The van der Waals surface area contributed by atoms with Crippen LogP contribution >= 0.6 is 0 Å². The lowest BCUT2D eigenvalue weighted by molar-refractivity contribution is -0.268. The largest absolute Gasteiger partial charge is 0.481 e. The van der Waals surface area contributed by atoms with E-state index >= 15 is 0 Å². The highest BCUT2D eigenvalue weighted by Crippen LogP contribution is 2.67. The van der Waals surface area contributed by atoms with Gasteiger partial charge in [0.25, 0.3) is 0 Å². The summed E-state index contributed by atoms with van der Waals surface area (Å²) >= 11 is 0. The smallest absolute Gasteiger partial charge is 0.343 e. The Labute approximate surface area is 226 Å². The van der Waals surface area contributed by atoms with Gasteiger partial charge in [-0.3, -0.25) is 14.4 Å². The maximum atomic E-state index is 13.6. The molecule has 1 N–H and O–H groups in total. The summed E-state index contributed by atoms with van der Waals surface area (Å²) in [7, 11) is 0. The number of ketones is 1. The predicted octanol–water partition coefficient (Wildman–Crippen LogP) is 4.12. The minimum absolute atomic E-state index is 0.0240. The maximum Gasteiger partial charge on any atom is 0.343 e. The molecule has 2 aliphatic carbocycles. The third kappa shape index (κ3) is 4.31. The number of carbonyl (C=O) groups excluding carboxylic acids is 4. The molecule has 5 rings (SSSR count). The molecule has 208 valence electrons. The Morgan fingerprint density at radius 2 is 1.82 bits per heavy atom. The van der Waals surface area contributed by atoms with Crippen molar-refractivity contribution in [3.63, 3.8) is 0 Å². The number of hydrogen-bond donors (Lipinski definition) is 1. The number of carboxylic acid groups (broad SMARTS) is 1. The molecule has 3 heterocycles. The normalized spacial score (nSPS) is 34.7. The number of allylic oxidation sites excluding steroid dienone is 5. The Morgan fingerprint density at radius 3 is 2.54 bits per heavy atom. The number of unbranched alkanes of at least 4 members (excludes halogenated alkanes) is 2. The molecule has 5 aliphatic rings. The number of ether oxygens (including phenoxy) is 3. The summed E-state index contributed by atoms with van der Waals surface area (Å²) < 4.78 is 17.4. The van der Waals surface area contributed by atoms with E-state index in [0.717, 1.165) is 19.3 Å². The van der Waals surface area contributed by atoms with Gasteiger partial charge in [-0.15, -0.1) is 0 Å². The van der Waals surface area contributed by atoms with Crippen LogP contribution in [0.5, 0.6) is 0 Å². The maximum absolute atomic E-state index is 13.6. The monoisotopic (exact) mass is 538 g/mol. The van der Waals surface area contributed by atoms with Crippen molar-refractivity contribution >= 4 is 29.7 Å². The van der Waals surface area contributed by atoms with Crippen molar-refractivity contribution in [1.29, 1.82) is 0 Å². The quantitative estimate of drug-likeness (QED) is 0.178. The van der Waals surface area contributed by atoms with Crippen molar-refractivity contribution in [3.8, 4) is 0 Å². The van der Waals surface area contributed by atoms with Gasteiger partial charge in [0.05, 0.1) is 23.5 Å². The molecule has 0 aromatic heterocycles. The molecule has 5 bridgehead atoms. The molecule has 0 radical (unpaired) electrons. The van der Waals surface area contributed by atoms with Crippen LogP contribution in [0.25, 0.3) is 0 Å². The SMILES string of the molecule is C/C=C/CCCC[C@H]1C=C2C34OC(=O)[C@]2(CC(=O)O)CC2=C(C(=O)OC2=O)C3C1C[C@H](C(=O)CC/C=C/C)O4. The van der Waals surface area contributed by atoms with E-state index in [0.29, 0.717) is 24.8 Å². The number of carboxylic acids is 1. The van der Waals surface area contributed by atoms with Gasteiger partial charge >= 0.3 is 23.9 Å². The van der Waals surface area contributed by atoms with E-state index in [4.69, 9.17) is 14.2 Å². The van der Waals surface area contributed by atoms with Crippen LogP contribution in [0.1, 0.15) is 71.6 Å². The summed E-state index contributed by atoms with van der Waals surface area (Å²) in [4.78, 5) is 65.0. The van der Waals surface area contributed by atoms with E-state index in [9.17, 15) is 29.1 Å². The van der Waals surface area contributed by atoms with Crippen molar-refractivity contribution in [2.75, 3.05) is 0 Å². The molecular weight excluding hydrogens is 504 g/mol. The Kier molecular flexibility index (Phi) is 7.22. The van der Waals surface area contributed by atoms with Gasteiger partial charge in [0.2, 0.25) is 5.79 Å². The van der Waals surface area contributed by atoms with Crippen LogP contribution in [0.2, 0.25) is 0 Å². The van der Waals surface area contributed by atoms with Gasteiger partial charge < -0.3 is 19.3 Å². The first kappa shape index (κ1) is 27.2. The molecule has 3 aliphatic heterocycles. The van der Waals surface area contributed by atoms with Gasteiger partial charge in [-0.05, 0) is 57.8 Å². The van der Waals surface area contributed by atoms with E-state index in [2.05, 4.69) is 6.08 Å². The molecule has 1 spiro atoms. The van der Waals surface area contributed by atoms with Crippen LogP contribution in [-0.2, 0) is 38.2 Å². The van der Waals surface area contributed by atoms with Crippen molar-refractivity contribution in [2.45, 2.75) is 83.5 Å².